The van der Waals surface area contributed by atoms with Crippen molar-refractivity contribution < 1.29 is 14.3 Å². The Morgan fingerprint density at radius 2 is 1.88 bits per heavy atom. The molecule has 2 aromatic rings. The molecule has 2 heterocycles. The van der Waals surface area contributed by atoms with Gasteiger partial charge in [-0.25, -0.2) is 4.79 Å². The minimum Gasteiger partial charge on any atom is -0.449 e. The predicted octanol–water partition coefficient (Wildman–Crippen LogP) is 3.76. The lowest BCUT2D eigenvalue weighted by molar-refractivity contribution is -0.129. The van der Waals surface area contributed by atoms with Crippen molar-refractivity contribution >= 4 is 23.2 Å². The molecule has 1 amide bonds. The number of thiophene rings is 1. The molecule has 1 aliphatic carbocycles. The molecular weight excluding hydrogens is 336 g/mol. The summed E-state index contributed by atoms with van der Waals surface area (Å²) in [5.74, 6) is -0.660. The molecule has 0 aliphatic heterocycles. The van der Waals surface area contributed by atoms with E-state index in [0.717, 1.165) is 41.1 Å². The van der Waals surface area contributed by atoms with Crippen LogP contribution >= 0.6 is 11.3 Å². The highest BCUT2D eigenvalue weighted by Gasteiger charge is 2.27. The Morgan fingerprint density at radius 1 is 1.24 bits per heavy atom. The summed E-state index contributed by atoms with van der Waals surface area (Å²) in [5, 5.41) is 3.81. The summed E-state index contributed by atoms with van der Waals surface area (Å²) in [6, 6.07) is 4.04. The highest BCUT2D eigenvalue weighted by molar-refractivity contribution is 7.15. The van der Waals surface area contributed by atoms with E-state index < -0.39 is 12.1 Å². The molecule has 1 saturated carbocycles. The lowest BCUT2D eigenvalue weighted by Gasteiger charge is -2.17. The second-order valence-corrected chi connectivity index (χ2v) is 7.79. The van der Waals surface area contributed by atoms with Crippen LogP contribution in [0.1, 0.15) is 53.4 Å². The van der Waals surface area contributed by atoms with Crippen LogP contribution in [0.3, 0.4) is 0 Å². The summed E-state index contributed by atoms with van der Waals surface area (Å²) in [4.78, 5) is 26.1. The van der Waals surface area contributed by atoms with Crippen molar-refractivity contribution in [3.05, 3.63) is 40.5 Å². The van der Waals surface area contributed by atoms with Gasteiger partial charge in [0.2, 0.25) is 0 Å². The molecule has 5 nitrogen and oxygen atoms in total. The van der Waals surface area contributed by atoms with Gasteiger partial charge in [0.05, 0.1) is 5.56 Å². The number of rotatable bonds is 5. The fourth-order valence-corrected chi connectivity index (χ4v) is 4.27. The molecule has 1 N–H and O–H groups in total. The Balaban J connectivity index is 1.73. The maximum atomic E-state index is 12.7. The second-order valence-electron chi connectivity index (χ2n) is 6.59. The van der Waals surface area contributed by atoms with Crippen LogP contribution in [0.25, 0.3) is 5.00 Å². The molecular formula is C19H24N2O3S. The van der Waals surface area contributed by atoms with Crippen molar-refractivity contribution in [1.29, 1.82) is 0 Å². The standard InChI is InChI=1S/C19H24N2O3S/c1-12-14(3)25-18(21-10-6-7-11-21)16(12)19(23)24-13(2)17(22)20-15-8-4-5-9-15/h6-7,10-11,13,15H,4-5,8-9H2,1-3H3,(H,20,22). The largest absolute Gasteiger partial charge is 0.449 e. The molecule has 0 aromatic carbocycles. The maximum absolute atomic E-state index is 12.7. The van der Waals surface area contributed by atoms with Gasteiger partial charge < -0.3 is 14.6 Å². The smallest absolute Gasteiger partial charge is 0.342 e. The summed E-state index contributed by atoms with van der Waals surface area (Å²) in [6.07, 6.45) is 7.31. The summed E-state index contributed by atoms with van der Waals surface area (Å²) in [5.41, 5.74) is 1.45. The number of esters is 1. The van der Waals surface area contributed by atoms with Gasteiger partial charge in [0, 0.05) is 23.3 Å². The monoisotopic (exact) mass is 360 g/mol. The number of ether oxygens (including phenoxy) is 1. The van der Waals surface area contributed by atoms with E-state index in [0.29, 0.717) is 5.56 Å². The van der Waals surface area contributed by atoms with Gasteiger partial charge in [-0.15, -0.1) is 11.3 Å². The summed E-state index contributed by atoms with van der Waals surface area (Å²) in [7, 11) is 0. The van der Waals surface area contributed by atoms with Crippen molar-refractivity contribution in [2.45, 2.75) is 58.6 Å². The third kappa shape index (κ3) is 3.79. The van der Waals surface area contributed by atoms with Gasteiger partial charge in [0.25, 0.3) is 5.91 Å². The van der Waals surface area contributed by atoms with Gasteiger partial charge in [-0.05, 0) is 51.3 Å². The Hall–Kier alpha value is -2.08. The van der Waals surface area contributed by atoms with Crippen LogP contribution in [0.2, 0.25) is 0 Å². The molecule has 3 rings (SSSR count). The van der Waals surface area contributed by atoms with E-state index in [4.69, 9.17) is 4.74 Å². The van der Waals surface area contributed by atoms with Gasteiger partial charge in [-0.2, -0.15) is 0 Å². The van der Waals surface area contributed by atoms with Gasteiger partial charge in [0.15, 0.2) is 6.10 Å². The lowest BCUT2D eigenvalue weighted by Crippen LogP contribution is -2.40. The third-order valence-electron chi connectivity index (χ3n) is 4.76. The highest BCUT2D eigenvalue weighted by atomic mass is 32.1. The number of amides is 1. The van der Waals surface area contributed by atoms with Crippen molar-refractivity contribution in [3.63, 3.8) is 0 Å². The van der Waals surface area contributed by atoms with Gasteiger partial charge in [-0.1, -0.05) is 12.8 Å². The molecule has 0 spiro atoms. The first-order chi connectivity index (χ1) is 12.0. The quantitative estimate of drug-likeness (QED) is 0.826. The third-order valence-corrected chi connectivity index (χ3v) is 5.99. The first kappa shape index (κ1) is 17.7. The number of nitrogens with zero attached hydrogens (tertiary/aromatic N) is 1. The first-order valence-corrected chi connectivity index (χ1v) is 9.53. The number of nitrogens with one attached hydrogen (secondary N) is 1. The van der Waals surface area contributed by atoms with Crippen molar-refractivity contribution in [2.24, 2.45) is 0 Å². The number of carbonyl (C=O) groups excluding carboxylic acids is 2. The van der Waals surface area contributed by atoms with Crippen molar-refractivity contribution in [1.82, 2.24) is 9.88 Å². The highest BCUT2D eigenvalue weighted by Crippen LogP contribution is 2.31. The Kier molecular flexibility index (Phi) is 5.27. The molecule has 2 aromatic heterocycles. The van der Waals surface area contributed by atoms with Crippen LogP contribution < -0.4 is 5.32 Å². The molecule has 25 heavy (non-hydrogen) atoms. The van der Waals surface area contributed by atoms with Crippen LogP contribution in [0, 0.1) is 13.8 Å². The summed E-state index contributed by atoms with van der Waals surface area (Å²) in [6.45, 7) is 5.53. The zero-order valence-corrected chi connectivity index (χ0v) is 15.7. The van der Waals surface area contributed by atoms with E-state index >= 15 is 0 Å². The zero-order valence-electron chi connectivity index (χ0n) is 14.9. The zero-order chi connectivity index (χ0) is 18.0. The average Bonchev–Trinajstić information content (AvgIpc) is 3.30. The molecule has 6 heteroatoms. The predicted molar refractivity (Wildman–Crippen MR) is 98.4 cm³/mol. The average molecular weight is 360 g/mol. The number of hydrogen-bond donors (Lipinski definition) is 1. The Labute approximate surface area is 152 Å². The van der Waals surface area contributed by atoms with E-state index in [1.54, 1.807) is 18.3 Å². The van der Waals surface area contributed by atoms with Gasteiger partial charge in [0.1, 0.15) is 5.00 Å². The van der Waals surface area contributed by atoms with E-state index in [9.17, 15) is 9.59 Å². The van der Waals surface area contributed by atoms with Gasteiger partial charge in [-0.3, -0.25) is 4.79 Å². The minimum atomic E-state index is -0.801. The van der Waals surface area contributed by atoms with E-state index in [-0.39, 0.29) is 11.9 Å². The fraction of sp³-hybridized carbons (Fsp3) is 0.474. The lowest BCUT2D eigenvalue weighted by atomic mass is 10.1. The minimum absolute atomic E-state index is 0.215. The van der Waals surface area contributed by atoms with E-state index in [1.165, 1.54) is 0 Å². The number of aromatic nitrogens is 1. The van der Waals surface area contributed by atoms with Crippen LogP contribution in [-0.4, -0.2) is 28.6 Å². The number of hydrogen-bond acceptors (Lipinski definition) is 4. The van der Waals surface area contributed by atoms with Crippen molar-refractivity contribution in [3.8, 4) is 5.00 Å². The summed E-state index contributed by atoms with van der Waals surface area (Å²) >= 11 is 1.55. The number of carbonyl (C=O) groups is 2. The van der Waals surface area contributed by atoms with Crippen molar-refractivity contribution in [2.75, 3.05) is 0 Å². The molecule has 1 fully saturated rings. The SMILES string of the molecule is Cc1sc(-n2cccc2)c(C(=O)OC(C)C(=O)NC2CCCC2)c1C. The first-order valence-electron chi connectivity index (χ1n) is 8.72. The number of aryl methyl sites for hydroxylation is 1. The normalized spacial score (nSPS) is 16.0. The molecule has 1 atom stereocenters. The summed E-state index contributed by atoms with van der Waals surface area (Å²) < 4.78 is 7.39. The molecule has 1 unspecified atom stereocenters. The Bertz CT molecular complexity index is 758. The molecule has 0 bridgehead atoms. The molecule has 1 aliphatic rings. The van der Waals surface area contributed by atoms with Crippen LogP contribution in [0.4, 0.5) is 0 Å². The maximum Gasteiger partial charge on any atom is 0.342 e. The van der Waals surface area contributed by atoms with Crippen LogP contribution in [0.5, 0.6) is 0 Å². The molecule has 0 radical (unpaired) electrons. The fourth-order valence-electron chi connectivity index (χ4n) is 3.16. The molecule has 0 saturated heterocycles. The van der Waals surface area contributed by atoms with E-state index in [1.807, 2.05) is 42.9 Å². The molecule has 134 valence electrons. The van der Waals surface area contributed by atoms with Gasteiger partial charge >= 0.3 is 5.97 Å². The topological polar surface area (TPSA) is 60.3 Å². The second kappa shape index (κ2) is 7.44. The van der Waals surface area contributed by atoms with E-state index in [2.05, 4.69) is 5.32 Å². The van der Waals surface area contributed by atoms with Crippen LogP contribution in [-0.2, 0) is 9.53 Å². The van der Waals surface area contributed by atoms with Crippen LogP contribution in [0.15, 0.2) is 24.5 Å². The Morgan fingerprint density at radius 3 is 2.52 bits per heavy atom.